The molecular formula is C18H25Cl3IN5O. The first-order valence-electron chi connectivity index (χ1n) is 8.71. The molecule has 0 amide bonds. The molecule has 10 heteroatoms. The summed E-state index contributed by atoms with van der Waals surface area (Å²) in [6.45, 7) is 4.76. The Balaban J connectivity index is 0.00000392. The van der Waals surface area contributed by atoms with Gasteiger partial charge in [-0.3, -0.25) is 4.99 Å². The average molecular weight is 561 g/mol. The fraction of sp³-hybridized carbons (Fsp3) is 0.444. The van der Waals surface area contributed by atoms with Crippen molar-refractivity contribution < 1.29 is 4.74 Å². The molecule has 0 bridgehead atoms. The highest BCUT2D eigenvalue weighted by molar-refractivity contribution is 14.0. The van der Waals surface area contributed by atoms with Crippen LogP contribution in [0.5, 0.6) is 5.75 Å². The Bertz CT molecular complexity index is 746. The monoisotopic (exact) mass is 559 g/mol. The lowest BCUT2D eigenvalue weighted by Crippen LogP contribution is -2.39. The molecule has 0 aliphatic rings. The van der Waals surface area contributed by atoms with Crippen LogP contribution in [-0.2, 0) is 6.54 Å². The molecule has 0 unspecified atom stereocenters. The van der Waals surface area contributed by atoms with E-state index in [-0.39, 0.29) is 24.0 Å². The third kappa shape index (κ3) is 8.23. The molecule has 0 saturated heterocycles. The molecule has 1 aromatic carbocycles. The highest BCUT2D eigenvalue weighted by Gasteiger charge is 2.09. The van der Waals surface area contributed by atoms with Crippen LogP contribution in [-0.4, -0.2) is 42.3 Å². The molecule has 0 spiro atoms. The maximum Gasteiger partial charge on any atom is 0.191 e. The zero-order valence-corrected chi connectivity index (χ0v) is 20.4. The highest BCUT2D eigenvalue weighted by atomic mass is 127. The van der Waals surface area contributed by atoms with Crippen LogP contribution in [0, 0.1) is 6.92 Å². The van der Waals surface area contributed by atoms with Crippen LogP contribution < -0.4 is 15.4 Å². The lowest BCUT2D eigenvalue weighted by Gasteiger charge is -2.14. The molecule has 2 aromatic rings. The number of ether oxygens (including phenoxy) is 1. The van der Waals surface area contributed by atoms with E-state index in [1.807, 2.05) is 19.3 Å². The normalized spacial score (nSPS) is 11.1. The Morgan fingerprint density at radius 3 is 2.43 bits per heavy atom. The van der Waals surface area contributed by atoms with E-state index in [1.165, 1.54) is 0 Å². The van der Waals surface area contributed by atoms with E-state index in [0.29, 0.717) is 34.0 Å². The second-order valence-electron chi connectivity index (χ2n) is 5.85. The lowest BCUT2D eigenvalue weighted by atomic mass is 10.3. The van der Waals surface area contributed by atoms with E-state index in [0.717, 1.165) is 37.7 Å². The summed E-state index contributed by atoms with van der Waals surface area (Å²) in [5.41, 5.74) is 0. The Kier molecular flexibility index (Phi) is 12.0. The van der Waals surface area contributed by atoms with Gasteiger partial charge in [0.15, 0.2) is 11.7 Å². The fourth-order valence-electron chi connectivity index (χ4n) is 2.46. The van der Waals surface area contributed by atoms with Crippen LogP contribution in [0.15, 0.2) is 29.5 Å². The molecule has 28 heavy (non-hydrogen) atoms. The first-order chi connectivity index (χ1) is 13.0. The van der Waals surface area contributed by atoms with Gasteiger partial charge in [0.1, 0.15) is 12.4 Å². The molecule has 2 N–H and O–H groups in total. The van der Waals surface area contributed by atoms with Crippen LogP contribution >= 0.6 is 58.8 Å². The molecule has 156 valence electrons. The molecule has 0 atom stereocenters. The smallest absolute Gasteiger partial charge is 0.191 e. The summed E-state index contributed by atoms with van der Waals surface area (Å²) in [6.07, 6.45) is 5.93. The van der Waals surface area contributed by atoms with Crippen molar-refractivity contribution in [2.75, 3.05) is 26.7 Å². The van der Waals surface area contributed by atoms with Crippen molar-refractivity contribution in [1.29, 1.82) is 0 Å². The summed E-state index contributed by atoms with van der Waals surface area (Å²) >= 11 is 18.1. The lowest BCUT2D eigenvalue weighted by molar-refractivity contribution is 0.322. The number of hydrogen-bond acceptors (Lipinski definition) is 3. The number of unbranched alkanes of at least 4 members (excludes halogenated alkanes) is 1. The second-order valence-corrected chi connectivity index (χ2v) is 7.10. The van der Waals surface area contributed by atoms with Crippen molar-refractivity contribution in [2.24, 2.45) is 4.99 Å². The Morgan fingerprint density at radius 2 is 1.82 bits per heavy atom. The first-order valence-corrected chi connectivity index (χ1v) is 9.84. The molecule has 0 aliphatic heterocycles. The summed E-state index contributed by atoms with van der Waals surface area (Å²) in [4.78, 5) is 8.41. The van der Waals surface area contributed by atoms with Crippen LogP contribution in [0.25, 0.3) is 0 Å². The standard InChI is InChI=1S/C18H24Cl3N5O.HI/c1-13-23-6-9-26(13)8-4-3-5-24-18(22-2)25-7-10-27-17-15(20)11-14(19)12-16(17)21;/h6,9,11-12H,3-5,7-8,10H2,1-2H3,(H2,22,24,25);1H. The van der Waals surface area contributed by atoms with Crippen molar-refractivity contribution in [2.45, 2.75) is 26.3 Å². The van der Waals surface area contributed by atoms with Crippen molar-refractivity contribution in [3.8, 4) is 5.75 Å². The first kappa shape index (κ1) is 25.1. The van der Waals surface area contributed by atoms with Gasteiger partial charge in [0.05, 0.1) is 16.6 Å². The molecule has 0 saturated carbocycles. The van der Waals surface area contributed by atoms with Gasteiger partial charge >= 0.3 is 0 Å². The summed E-state index contributed by atoms with van der Waals surface area (Å²) in [5, 5.41) is 7.73. The number of hydrogen-bond donors (Lipinski definition) is 2. The van der Waals surface area contributed by atoms with Crippen molar-refractivity contribution in [1.82, 2.24) is 20.2 Å². The minimum absolute atomic E-state index is 0. The summed E-state index contributed by atoms with van der Waals surface area (Å²) < 4.78 is 7.79. The Hall–Kier alpha value is -0.900. The molecule has 0 radical (unpaired) electrons. The zero-order chi connectivity index (χ0) is 19.6. The van der Waals surface area contributed by atoms with Crippen LogP contribution in [0.1, 0.15) is 18.7 Å². The number of guanidine groups is 1. The minimum atomic E-state index is 0. The molecular weight excluding hydrogens is 535 g/mol. The number of aliphatic imine (C=N–C) groups is 1. The average Bonchev–Trinajstić information content (AvgIpc) is 3.03. The predicted molar refractivity (Wildman–Crippen MR) is 128 cm³/mol. The van der Waals surface area contributed by atoms with Gasteiger partial charge in [0.2, 0.25) is 0 Å². The van der Waals surface area contributed by atoms with E-state index in [2.05, 4.69) is 25.2 Å². The minimum Gasteiger partial charge on any atom is -0.489 e. The van der Waals surface area contributed by atoms with Gasteiger partial charge in [-0.25, -0.2) is 4.98 Å². The number of halogens is 4. The largest absolute Gasteiger partial charge is 0.489 e. The van der Waals surface area contributed by atoms with Crippen molar-refractivity contribution in [3.63, 3.8) is 0 Å². The highest BCUT2D eigenvalue weighted by Crippen LogP contribution is 2.35. The van der Waals surface area contributed by atoms with Crippen LogP contribution in [0.3, 0.4) is 0 Å². The van der Waals surface area contributed by atoms with Gasteiger partial charge in [0.25, 0.3) is 0 Å². The van der Waals surface area contributed by atoms with Crippen LogP contribution in [0.2, 0.25) is 15.1 Å². The predicted octanol–water partition coefficient (Wildman–Crippen LogP) is 4.79. The van der Waals surface area contributed by atoms with Gasteiger partial charge in [-0.05, 0) is 31.9 Å². The molecule has 1 heterocycles. The van der Waals surface area contributed by atoms with E-state index < -0.39 is 0 Å². The third-order valence-electron chi connectivity index (χ3n) is 3.87. The molecule has 0 aliphatic carbocycles. The quantitative estimate of drug-likeness (QED) is 0.200. The van der Waals surface area contributed by atoms with E-state index in [4.69, 9.17) is 39.5 Å². The zero-order valence-electron chi connectivity index (χ0n) is 15.8. The van der Waals surface area contributed by atoms with Gasteiger partial charge in [-0.2, -0.15) is 0 Å². The van der Waals surface area contributed by atoms with E-state index in [1.54, 1.807) is 19.2 Å². The fourth-order valence-corrected chi connectivity index (χ4v) is 3.39. The number of imidazole rings is 1. The van der Waals surface area contributed by atoms with Crippen molar-refractivity contribution >= 4 is 64.7 Å². The summed E-state index contributed by atoms with van der Waals surface area (Å²) in [7, 11) is 1.73. The Morgan fingerprint density at radius 1 is 1.14 bits per heavy atom. The molecule has 0 fully saturated rings. The van der Waals surface area contributed by atoms with Crippen molar-refractivity contribution in [3.05, 3.63) is 45.4 Å². The van der Waals surface area contributed by atoms with Gasteiger partial charge in [0, 0.05) is 37.6 Å². The number of aryl methyl sites for hydroxylation is 2. The SMILES string of the molecule is CN=C(NCCCCn1ccnc1C)NCCOc1c(Cl)cc(Cl)cc1Cl.I. The third-order valence-corrected chi connectivity index (χ3v) is 4.65. The van der Waals surface area contributed by atoms with Gasteiger partial charge in [-0.1, -0.05) is 34.8 Å². The second kappa shape index (κ2) is 13.3. The maximum atomic E-state index is 6.09. The molecule has 1 aromatic heterocycles. The molecule has 6 nitrogen and oxygen atoms in total. The van der Waals surface area contributed by atoms with Crippen LogP contribution in [0.4, 0.5) is 0 Å². The van der Waals surface area contributed by atoms with E-state index in [9.17, 15) is 0 Å². The number of benzene rings is 1. The summed E-state index contributed by atoms with van der Waals surface area (Å²) in [6, 6.07) is 3.20. The number of nitrogens with zero attached hydrogens (tertiary/aromatic N) is 3. The van der Waals surface area contributed by atoms with Gasteiger partial charge in [-0.15, -0.1) is 24.0 Å². The van der Waals surface area contributed by atoms with E-state index >= 15 is 0 Å². The summed E-state index contributed by atoms with van der Waals surface area (Å²) in [5.74, 6) is 2.20. The topological polar surface area (TPSA) is 63.5 Å². The number of aromatic nitrogens is 2. The molecule has 2 rings (SSSR count). The number of nitrogens with one attached hydrogen (secondary N) is 2. The number of rotatable bonds is 9. The Labute approximate surface area is 198 Å². The maximum absolute atomic E-state index is 6.09. The van der Waals surface area contributed by atoms with Gasteiger partial charge < -0.3 is 19.9 Å².